The Labute approximate surface area is 175 Å². The Bertz CT molecular complexity index is 1120. The number of fused-ring (bicyclic) bond motifs is 1. The minimum atomic E-state index is -3.57. The molecule has 0 unspecified atom stereocenters. The highest BCUT2D eigenvalue weighted by Crippen LogP contribution is 2.27. The minimum Gasteiger partial charge on any atom is -0.293 e. The Kier molecular flexibility index (Phi) is 5.50. The zero-order chi connectivity index (χ0) is 20.6. The fourth-order valence-electron chi connectivity index (χ4n) is 3.33. The SMILES string of the molecule is Cc1ccc(S(=O)(=O)c2ncc(CN3CCc4nc(C(C)C)ncc4C3)s2)cc1. The zero-order valence-corrected chi connectivity index (χ0v) is 18.4. The van der Waals surface area contributed by atoms with Gasteiger partial charge >= 0.3 is 0 Å². The predicted octanol–water partition coefficient (Wildman–Crippen LogP) is 3.76. The van der Waals surface area contributed by atoms with Crippen LogP contribution in [0.15, 0.2) is 45.9 Å². The van der Waals surface area contributed by atoms with E-state index in [4.69, 9.17) is 4.98 Å². The molecule has 0 aliphatic carbocycles. The molecule has 0 amide bonds. The van der Waals surface area contributed by atoms with Crippen LogP contribution < -0.4 is 0 Å². The number of sulfone groups is 1. The number of benzene rings is 1. The maximum atomic E-state index is 12.8. The van der Waals surface area contributed by atoms with E-state index in [1.54, 1.807) is 30.5 Å². The van der Waals surface area contributed by atoms with Crippen LogP contribution in [0.2, 0.25) is 0 Å². The summed E-state index contributed by atoms with van der Waals surface area (Å²) in [5.41, 5.74) is 3.31. The maximum absolute atomic E-state index is 12.8. The Hall–Kier alpha value is -2.16. The number of hydrogen-bond donors (Lipinski definition) is 0. The molecule has 0 spiro atoms. The normalized spacial score (nSPS) is 14.9. The molecule has 0 bridgehead atoms. The third kappa shape index (κ3) is 4.24. The second-order valence-corrected chi connectivity index (χ2v) is 11.0. The van der Waals surface area contributed by atoms with Crippen molar-refractivity contribution in [2.75, 3.05) is 6.54 Å². The van der Waals surface area contributed by atoms with Crippen molar-refractivity contribution in [2.45, 2.75) is 55.4 Å². The van der Waals surface area contributed by atoms with Crippen LogP contribution in [0, 0.1) is 6.92 Å². The van der Waals surface area contributed by atoms with Crippen molar-refractivity contribution in [1.82, 2.24) is 19.9 Å². The van der Waals surface area contributed by atoms with Crippen molar-refractivity contribution in [3.05, 3.63) is 64.2 Å². The van der Waals surface area contributed by atoms with Gasteiger partial charge in [-0.1, -0.05) is 31.5 Å². The number of aryl methyl sites for hydroxylation is 1. The van der Waals surface area contributed by atoms with E-state index in [0.717, 1.165) is 47.0 Å². The number of thiazole rings is 1. The summed E-state index contributed by atoms with van der Waals surface area (Å²) in [6.07, 6.45) is 4.49. The largest absolute Gasteiger partial charge is 0.293 e. The molecule has 4 rings (SSSR count). The predicted molar refractivity (Wildman–Crippen MR) is 113 cm³/mol. The number of aromatic nitrogens is 3. The Morgan fingerprint density at radius 3 is 2.62 bits per heavy atom. The lowest BCUT2D eigenvalue weighted by Gasteiger charge is -2.27. The van der Waals surface area contributed by atoms with E-state index in [2.05, 4.69) is 28.7 Å². The molecular formula is C21H24N4O2S2. The van der Waals surface area contributed by atoms with Gasteiger partial charge in [0.2, 0.25) is 14.2 Å². The van der Waals surface area contributed by atoms with Crippen molar-refractivity contribution < 1.29 is 8.42 Å². The number of nitrogens with zero attached hydrogens (tertiary/aromatic N) is 4. The molecule has 152 valence electrons. The van der Waals surface area contributed by atoms with E-state index >= 15 is 0 Å². The summed E-state index contributed by atoms with van der Waals surface area (Å²) >= 11 is 1.25. The highest BCUT2D eigenvalue weighted by molar-refractivity contribution is 7.93. The molecule has 0 saturated heterocycles. The van der Waals surface area contributed by atoms with E-state index in [-0.39, 0.29) is 9.24 Å². The number of rotatable bonds is 5. The molecule has 0 radical (unpaired) electrons. The fraction of sp³-hybridized carbons (Fsp3) is 0.381. The average molecular weight is 429 g/mol. The lowest BCUT2D eigenvalue weighted by Crippen LogP contribution is -2.30. The molecule has 3 aromatic rings. The summed E-state index contributed by atoms with van der Waals surface area (Å²) in [4.78, 5) is 16.9. The highest BCUT2D eigenvalue weighted by atomic mass is 32.2. The smallest absolute Gasteiger partial charge is 0.233 e. The molecule has 0 fully saturated rings. The molecule has 1 aliphatic rings. The van der Waals surface area contributed by atoms with Crippen LogP contribution in [0.5, 0.6) is 0 Å². The van der Waals surface area contributed by atoms with E-state index < -0.39 is 9.84 Å². The van der Waals surface area contributed by atoms with Gasteiger partial charge in [-0.3, -0.25) is 4.90 Å². The summed E-state index contributed by atoms with van der Waals surface area (Å²) in [6, 6.07) is 6.89. The Morgan fingerprint density at radius 2 is 1.90 bits per heavy atom. The third-order valence-corrected chi connectivity index (χ3v) is 8.16. The van der Waals surface area contributed by atoms with Crippen LogP contribution in [0.1, 0.15) is 47.3 Å². The first-order valence-electron chi connectivity index (χ1n) is 9.66. The van der Waals surface area contributed by atoms with Gasteiger partial charge in [0, 0.05) is 60.5 Å². The Morgan fingerprint density at radius 1 is 1.14 bits per heavy atom. The van der Waals surface area contributed by atoms with Gasteiger partial charge in [0.1, 0.15) is 5.82 Å². The fourth-order valence-corrected chi connectivity index (χ4v) is 5.95. The second-order valence-electron chi connectivity index (χ2n) is 7.72. The van der Waals surface area contributed by atoms with Gasteiger partial charge < -0.3 is 0 Å². The molecule has 0 saturated carbocycles. The minimum absolute atomic E-state index is 0.152. The standard InChI is InChI=1S/C21H24N4O2S2/c1-14(2)20-22-10-16-12-25(9-8-19(16)24-20)13-17-11-23-21(28-17)29(26,27)18-6-4-15(3)5-7-18/h4-7,10-11,14H,8-9,12-13H2,1-3H3. The zero-order valence-electron chi connectivity index (χ0n) is 16.8. The summed E-state index contributed by atoms with van der Waals surface area (Å²) in [5, 5.41) is 0. The van der Waals surface area contributed by atoms with Crippen LogP contribution in [-0.2, 0) is 29.3 Å². The van der Waals surface area contributed by atoms with Crippen LogP contribution in [0.25, 0.3) is 0 Å². The van der Waals surface area contributed by atoms with E-state index in [1.165, 1.54) is 11.3 Å². The summed E-state index contributed by atoms with van der Waals surface area (Å²) in [5.74, 6) is 1.22. The van der Waals surface area contributed by atoms with Crippen molar-refractivity contribution in [1.29, 1.82) is 0 Å². The molecule has 29 heavy (non-hydrogen) atoms. The first-order valence-corrected chi connectivity index (χ1v) is 12.0. The van der Waals surface area contributed by atoms with Crippen LogP contribution in [0.4, 0.5) is 0 Å². The van der Waals surface area contributed by atoms with Gasteiger partial charge in [0.15, 0.2) is 0 Å². The van der Waals surface area contributed by atoms with Gasteiger partial charge in [-0.25, -0.2) is 23.4 Å². The van der Waals surface area contributed by atoms with Crippen LogP contribution >= 0.6 is 11.3 Å². The molecule has 0 atom stereocenters. The van der Waals surface area contributed by atoms with Gasteiger partial charge in [-0.2, -0.15) is 0 Å². The van der Waals surface area contributed by atoms with Crippen LogP contribution in [-0.4, -0.2) is 34.8 Å². The molecule has 0 N–H and O–H groups in total. The lowest BCUT2D eigenvalue weighted by atomic mass is 10.1. The average Bonchev–Trinajstić information content (AvgIpc) is 3.17. The van der Waals surface area contributed by atoms with Gasteiger partial charge in [-0.15, -0.1) is 11.3 Å². The quantitative estimate of drug-likeness (QED) is 0.616. The summed E-state index contributed by atoms with van der Waals surface area (Å²) in [7, 11) is -3.57. The molecule has 3 heterocycles. The van der Waals surface area contributed by atoms with Crippen molar-refractivity contribution in [3.8, 4) is 0 Å². The third-order valence-electron chi connectivity index (χ3n) is 5.02. The highest BCUT2D eigenvalue weighted by Gasteiger charge is 2.24. The van der Waals surface area contributed by atoms with Crippen molar-refractivity contribution >= 4 is 21.2 Å². The van der Waals surface area contributed by atoms with Crippen molar-refractivity contribution in [2.24, 2.45) is 0 Å². The molecule has 8 heteroatoms. The van der Waals surface area contributed by atoms with Crippen molar-refractivity contribution in [3.63, 3.8) is 0 Å². The molecular weight excluding hydrogens is 404 g/mol. The summed E-state index contributed by atoms with van der Waals surface area (Å²) in [6.45, 7) is 8.47. The van der Waals surface area contributed by atoms with E-state index in [1.807, 2.05) is 13.1 Å². The first-order chi connectivity index (χ1) is 13.8. The van der Waals surface area contributed by atoms with Gasteiger partial charge in [0.25, 0.3) is 0 Å². The van der Waals surface area contributed by atoms with Gasteiger partial charge in [-0.05, 0) is 19.1 Å². The maximum Gasteiger partial charge on any atom is 0.233 e. The molecule has 1 aromatic carbocycles. The molecule has 6 nitrogen and oxygen atoms in total. The monoisotopic (exact) mass is 428 g/mol. The number of hydrogen-bond acceptors (Lipinski definition) is 7. The first kappa shape index (κ1) is 20.1. The molecule has 2 aromatic heterocycles. The Balaban J connectivity index is 1.48. The van der Waals surface area contributed by atoms with Gasteiger partial charge in [0.05, 0.1) is 4.90 Å². The molecule has 1 aliphatic heterocycles. The van der Waals surface area contributed by atoms with E-state index in [9.17, 15) is 8.42 Å². The topological polar surface area (TPSA) is 76.1 Å². The summed E-state index contributed by atoms with van der Waals surface area (Å²) < 4.78 is 25.8. The second kappa shape index (κ2) is 7.93. The van der Waals surface area contributed by atoms with E-state index in [0.29, 0.717) is 12.5 Å². The lowest BCUT2D eigenvalue weighted by molar-refractivity contribution is 0.244. The van der Waals surface area contributed by atoms with Crippen LogP contribution in [0.3, 0.4) is 0 Å².